The van der Waals surface area contributed by atoms with E-state index in [1.54, 1.807) is 0 Å². The van der Waals surface area contributed by atoms with Gasteiger partial charge in [0.1, 0.15) is 11.9 Å². The summed E-state index contributed by atoms with van der Waals surface area (Å²) in [6, 6.07) is 2.18. The van der Waals surface area contributed by atoms with Crippen LogP contribution < -0.4 is 0 Å². The molecular weight excluding hydrogens is 410 g/mol. The number of rotatable bonds is 1. The second-order valence-corrected chi connectivity index (χ2v) is 13.7. The number of allylic oxidation sites excluding steroid dienone is 2. The van der Waals surface area contributed by atoms with Crippen LogP contribution in [-0.4, -0.2) is 23.3 Å². The van der Waals surface area contributed by atoms with Crippen molar-refractivity contribution in [1.29, 1.82) is 5.26 Å². The van der Waals surface area contributed by atoms with Crippen molar-refractivity contribution < 1.29 is 14.7 Å². The number of fused-ring (bicyclic) bond motifs is 7. The molecule has 1 N–H and O–H groups in total. The first-order valence-electron chi connectivity index (χ1n) is 13.2. The summed E-state index contributed by atoms with van der Waals surface area (Å²) in [5, 5.41) is 20.2. The fourth-order valence-corrected chi connectivity index (χ4v) is 9.92. The summed E-state index contributed by atoms with van der Waals surface area (Å²) in [6.07, 6.45) is 9.81. The molecule has 0 spiro atoms. The average molecular weight is 452 g/mol. The van der Waals surface area contributed by atoms with Gasteiger partial charge in [-0.05, 0) is 90.3 Å². The molecule has 5 aliphatic rings. The Labute approximate surface area is 199 Å². The quantitative estimate of drug-likeness (QED) is 0.571. The van der Waals surface area contributed by atoms with Gasteiger partial charge < -0.3 is 5.11 Å². The molecule has 33 heavy (non-hydrogen) atoms. The molecule has 9 unspecified atom stereocenters. The zero-order valence-corrected chi connectivity index (χ0v) is 21.1. The van der Waals surface area contributed by atoms with Gasteiger partial charge in [0.15, 0.2) is 5.78 Å². The largest absolute Gasteiger partial charge is 0.396 e. The highest BCUT2D eigenvalue weighted by molar-refractivity contribution is 6.01. The Morgan fingerprint density at radius 2 is 1.73 bits per heavy atom. The molecule has 4 nitrogen and oxygen atoms in total. The zero-order valence-electron chi connectivity index (χ0n) is 21.1. The molecular formula is C29H41NO3. The molecule has 5 rings (SSSR count). The molecule has 9 atom stereocenters. The third-order valence-corrected chi connectivity index (χ3v) is 11.8. The Morgan fingerprint density at radius 1 is 1.03 bits per heavy atom. The van der Waals surface area contributed by atoms with E-state index in [1.165, 1.54) is 0 Å². The Bertz CT molecular complexity index is 958. The molecule has 0 aromatic heterocycles. The minimum Gasteiger partial charge on any atom is -0.396 e. The van der Waals surface area contributed by atoms with Gasteiger partial charge in [-0.15, -0.1) is 0 Å². The van der Waals surface area contributed by atoms with E-state index < -0.39 is 0 Å². The lowest BCUT2D eigenvalue weighted by Crippen LogP contribution is -2.64. The molecule has 0 aromatic carbocycles. The highest BCUT2D eigenvalue weighted by Gasteiger charge is 2.66. The lowest BCUT2D eigenvalue weighted by molar-refractivity contribution is -0.190. The molecule has 5 aliphatic carbocycles. The van der Waals surface area contributed by atoms with Gasteiger partial charge in [-0.2, -0.15) is 5.26 Å². The molecule has 0 heterocycles. The maximum absolute atomic E-state index is 14.0. The molecule has 4 heteroatoms. The van der Waals surface area contributed by atoms with Crippen molar-refractivity contribution in [2.45, 2.75) is 86.0 Å². The minimum absolute atomic E-state index is 0.0153. The van der Waals surface area contributed by atoms with Gasteiger partial charge >= 0.3 is 0 Å². The van der Waals surface area contributed by atoms with Crippen molar-refractivity contribution in [3.05, 3.63) is 11.6 Å². The topological polar surface area (TPSA) is 78.2 Å². The average Bonchev–Trinajstić information content (AvgIpc) is 2.77. The number of nitrogens with zero attached hydrogens (tertiary/aromatic N) is 1. The number of Topliss-reactive ketones (excluding diaryl/α,β-unsaturated/α-hetero) is 2. The van der Waals surface area contributed by atoms with Crippen LogP contribution in [0.4, 0.5) is 0 Å². The van der Waals surface area contributed by atoms with E-state index in [0.29, 0.717) is 23.7 Å². The van der Waals surface area contributed by atoms with E-state index in [1.807, 2.05) is 13.0 Å². The maximum atomic E-state index is 14.0. The monoisotopic (exact) mass is 451 g/mol. The third kappa shape index (κ3) is 3.03. The van der Waals surface area contributed by atoms with E-state index in [4.69, 9.17) is 0 Å². The van der Waals surface area contributed by atoms with Crippen molar-refractivity contribution in [1.82, 2.24) is 0 Å². The van der Waals surface area contributed by atoms with Crippen LogP contribution in [0.5, 0.6) is 0 Å². The van der Waals surface area contributed by atoms with Crippen molar-refractivity contribution >= 4 is 11.6 Å². The molecule has 0 amide bonds. The maximum Gasteiger partial charge on any atom is 0.176 e. The van der Waals surface area contributed by atoms with Crippen molar-refractivity contribution in [3.63, 3.8) is 0 Å². The summed E-state index contributed by atoms with van der Waals surface area (Å²) in [6.45, 7) is 11.5. The van der Waals surface area contributed by atoms with Crippen molar-refractivity contribution in [3.8, 4) is 6.07 Å². The first-order valence-corrected chi connectivity index (χ1v) is 13.2. The smallest absolute Gasteiger partial charge is 0.176 e. The normalized spacial score (nSPS) is 50.8. The Hall–Kier alpha value is -1.47. The predicted octanol–water partition coefficient (Wildman–Crippen LogP) is 5.50. The van der Waals surface area contributed by atoms with Gasteiger partial charge in [0.25, 0.3) is 0 Å². The first-order chi connectivity index (χ1) is 15.4. The second kappa shape index (κ2) is 7.27. The fourth-order valence-electron chi connectivity index (χ4n) is 9.92. The zero-order chi connectivity index (χ0) is 24.0. The summed E-state index contributed by atoms with van der Waals surface area (Å²) < 4.78 is 0. The molecule has 0 bridgehead atoms. The number of carbonyl (C=O) groups excluding carboxylic acids is 2. The summed E-state index contributed by atoms with van der Waals surface area (Å²) in [4.78, 5) is 26.8. The summed E-state index contributed by atoms with van der Waals surface area (Å²) in [5.41, 5.74) is 0.178. The lowest BCUT2D eigenvalue weighted by atomic mass is 9.36. The van der Waals surface area contributed by atoms with Crippen molar-refractivity contribution in [2.24, 2.45) is 57.2 Å². The van der Waals surface area contributed by atoms with Crippen LogP contribution in [0, 0.1) is 68.5 Å². The van der Waals surface area contributed by atoms with E-state index in [-0.39, 0.29) is 63.6 Å². The van der Waals surface area contributed by atoms with E-state index in [9.17, 15) is 20.0 Å². The van der Waals surface area contributed by atoms with Gasteiger partial charge in [0.2, 0.25) is 0 Å². The Balaban J connectivity index is 1.57. The van der Waals surface area contributed by atoms with E-state index in [0.717, 1.165) is 44.9 Å². The number of hydrogen-bond donors (Lipinski definition) is 1. The van der Waals surface area contributed by atoms with Crippen LogP contribution in [0.2, 0.25) is 0 Å². The molecule has 0 radical (unpaired) electrons. The van der Waals surface area contributed by atoms with Crippen LogP contribution >= 0.6 is 0 Å². The van der Waals surface area contributed by atoms with Crippen LogP contribution in [0.3, 0.4) is 0 Å². The fraction of sp³-hybridized carbons (Fsp3) is 0.828. The lowest BCUT2D eigenvalue weighted by Gasteiger charge is -2.67. The van der Waals surface area contributed by atoms with Crippen LogP contribution in [0.15, 0.2) is 11.6 Å². The second-order valence-electron chi connectivity index (χ2n) is 13.7. The minimum atomic E-state index is -0.288. The molecule has 0 aliphatic heterocycles. The molecule has 0 aromatic rings. The van der Waals surface area contributed by atoms with Crippen LogP contribution in [0.1, 0.15) is 86.0 Å². The number of aliphatic hydroxyl groups is 1. The number of ketones is 2. The molecule has 0 saturated heterocycles. The predicted molar refractivity (Wildman–Crippen MR) is 127 cm³/mol. The third-order valence-electron chi connectivity index (χ3n) is 11.8. The highest BCUT2D eigenvalue weighted by atomic mass is 16.3. The van der Waals surface area contributed by atoms with Gasteiger partial charge in [-0.3, -0.25) is 9.59 Å². The van der Waals surface area contributed by atoms with Gasteiger partial charge in [0.05, 0.1) is 5.57 Å². The summed E-state index contributed by atoms with van der Waals surface area (Å²) in [7, 11) is 0. The number of aliphatic hydroxyl groups excluding tert-OH is 1. The van der Waals surface area contributed by atoms with Gasteiger partial charge in [-0.1, -0.05) is 40.7 Å². The van der Waals surface area contributed by atoms with Gasteiger partial charge in [-0.25, -0.2) is 0 Å². The summed E-state index contributed by atoms with van der Waals surface area (Å²) in [5.74, 6) is 1.27. The molecule has 4 saturated carbocycles. The Morgan fingerprint density at radius 3 is 2.39 bits per heavy atom. The van der Waals surface area contributed by atoms with E-state index in [2.05, 4.69) is 33.8 Å². The number of nitriles is 1. The van der Waals surface area contributed by atoms with Crippen LogP contribution in [-0.2, 0) is 9.59 Å². The van der Waals surface area contributed by atoms with Crippen molar-refractivity contribution in [2.75, 3.05) is 6.61 Å². The Kier molecular flexibility index (Phi) is 5.13. The highest BCUT2D eigenvalue weighted by Crippen LogP contribution is 2.70. The standard InChI is InChI=1S/C29H41NO3/c1-17-19-6-8-27(4)20-7-9-29(16-31)11-10-26(2,3)14-21(29)24(20)22(32)12-23(27)28(19,5)13-18(15-30)25(17)33/h13,17,19-21,23-24,31H,6-12,14,16H2,1-5H3. The first kappa shape index (κ1) is 23.3. The number of carbonyl (C=O) groups is 2. The SMILES string of the molecule is CC1C(=O)C(C#N)=CC2(C)C1CCC1(C)C3CCC4(CO)CCC(C)(C)CC4C3C(=O)CC21. The summed E-state index contributed by atoms with van der Waals surface area (Å²) >= 11 is 0. The molecule has 4 fully saturated rings. The number of hydrogen-bond acceptors (Lipinski definition) is 4. The van der Waals surface area contributed by atoms with Gasteiger partial charge in [0, 0.05) is 24.9 Å². The molecule has 180 valence electrons. The van der Waals surface area contributed by atoms with E-state index >= 15 is 0 Å². The van der Waals surface area contributed by atoms with Crippen LogP contribution in [0.25, 0.3) is 0 Å².